The second-order valence-electron chi connectivity index (χ2n) is 4.43. The lowest BCUT2D eigenvalue weighted by atomic mass is 10.2. The summed E-state index contributed by atoms with van der Waals surface area (Å²) in [6.45, 7) is 0.522. The predicted molar refractivity (Wildman–Crippen MR) is 84.2 cm³/mol. The van der Waals surface area contributed by atoms with Crippen LogP contribution >= 0.6 is 0 Å². The minimum Gasteiger partial charge on any atom is -0.373 e. The number of carbonyl (C=O) groups is 1. The number of benzene rings is 1. The Morgan fingerprint density at radius 2 is 1.81 bits per heavy atom. The standard InChI is InChI=1S/C15H19N5O/c1-16-12-10-13(18-9-8-14(21)17-2)20-15(19-12)11-6-4-3-5-7-11/h3-7,10H,8-9H2,1-2H3,(H,17,21)(H2,16,18,19,20). The van der Waals surface area contributed by atoms with Crippen molar-refractivity contribution < 1.29 is 4.79 Å². The van der Waals surface area contributed by atoms with E-state index in [0.29, 0.717) is 24.6 Å². The van der Waals surface area contributed by atoms with Crippen LogP contribution in [0.15, 0.2) is 36.4 Å². The number of rotatable bonds is 6. The van der Waals surface area contributed by atoms with Crippen LogP contribution in [-0.2, 0) is 4.79 Å². The molecule has 21 heavy (non-hydrogen) atoms. The van der Waals surface area contributed by atoms with Crippen LogP contribution in [-0.4, -0.2) is 36.5 Å². The molecule has 0 bridgehead atoms. The number of hydrogen-bond acceptors (Lipinski definition) is 5. The van der Waals surface area contributed by atoms with Crippen molar-refractivity contribution in [3.63, 3.8) is 0 Å². The van der Waals surface area contributed by atoms with Crippen molar-refractivity contribution in [3.8, 4) is 11.4 Å². The van der Waals surface area contributed by atoms with Gasteiger partial charge in [-0.1, -0.05) is 30.3 Å². The fourth-order valence-corrected chi connectivity index (χ4v) is 1.81. The molecule has 6 heteroatoms. The van der Waals surface area contributed by atoms with Crippen LogP contribution in [0.3, 0.4) is 0 Å². The third kappa shape index (κ3) is 4.17. The fourth-order valence-electron chi connectivity index (χ4n) is 1.81. The van der Waals surface area contributed by atoms with E-state index in [1.807, 2.05) is 43.4 Å². The van der Waals surface area contributed by atoms with E-state index in [-0.39, 0.29) is 5.91 Å². The molecular weight excluding hydrogens is 266 g/mol. The van der Waals surface area contributed by atoms with Gasteiger partial charge in [0.2, 0.25) is 5.91 Å². The summed E-state index contributed by atoms with van der Waals surface area (Å²) in [5.74, 6) is 2.06. The second-order valence-corrected chi connectivity index (χ2v) is 4.43. The van der Waals surface area contributed by atoms with Gasteiger partial charge in [0.25, 0.3) is 0 Å². The van der Waals surface area contributed by atoms with Crippen LogP contribution in [0, 0.1) is 0 Å². The maximum atomic E-state index is 11.2. The molecule has 0 aliphatic rings. The van der Waals surface area contributed by atoms with Gasteiger partial charge in [-0.25, -0.2) is 9.97 Å². The zero-order valence-corrected chi connectivity index (χ0v) is 12.2. The summed E-state index contributed by atoms with van der Waals surface area (Å²) in [5, 5.41) is 8.75. The lowest BCUT2D eigenvalue weighted by Crippen LogP contribution is -2.21. The molecule has 1 aromatic carbocycles. The highest BCUT2D eigenvalue weighted by Gasteiger charge is 2.06. The molecule has 0 saturated heterocycles. The van der Waals surface area contributed by atoms with Crippen LogP contribution in [0.25, 0.3) is 11.4 Å². The van der Waals surface area contributed by atoms with Crippen molar-refractivity contribution in [1.29, 1.82) is 0 Å². The largest absolute Gasteiger partial charge is 0.373 e. The third-order valence-corrected chi connectivity index (χ3v) is 2.95. The van der Waals surface area contributed by atoms with E-state index in [1.165, 1.54) is 0 Å². The first kappa shape index (κ1) is 14.8. The SMILES string of the molecule is CNC(=O)CCNc1cc(NC)nc(-c2ccccc2)n1. The quantitative estimate of drug-likeness (QED) is 0.753. The lowest BCUT2D eigenvalue weighted by Gasteiger charge is -2.09. The number of anilines is 2. The van der Waals surface area contributed by atoms with Gasteiger partial charge in [0, 0.05) is 38.7 Å². The normalized spacial score (nSPS) is 10.0. The molecule has 2 aromatic rings. The third-order valence-electron chi connectivity index (χ3n) is 2.95. The summed E-state index contributed by atoms with van der Waals surface area (Å²) in [6, 6.07) is 11.6. The molecular formula is C15H19N5O. The van der Waals surface area contributed by atoms with Crippen LogP contribution in [0.2, 0.25) is 0 Å². The molecule has 0 aliphatic carbocycles. The summed E-state index contributed by atoms with van der Waals surface area (Å²) in [7, 11) is 3.44. The maximum absolute atomic E-state index is 11.2. The smallest absolute Gasteiger partial charge is 0.221 e. The van der Waals surface area contributed by atoms with Crippen LogP contribution in [0.4, 0.5) is 11.6 Å². The molecule has 1 amide bonds. The zero-order chi connectivity index (χ0) is 15.1. The number of aromatic nitrogens is 2. The Bertz CT molecular complexity index is 600. The monoisotopic (exact) mass is 285 g/mol. The molecule has 0 aliphatic heterocycles. The lowest BCUT2D eigenvalue weighted by molar-refractivity contribution is -0.120. The van der Waals surface area contributed by atoms with Crippen molar-refractivity contribution in [1.82, 2.24) is 15.3 Å². The molecule has 2 rings (SSSR count). The van der Waals surface area contributed by atoms with E-state index in [9.17, 15) is 4.79 Å². The van der Waals surface area contributed by atoms with E-state index in [4.69, 9.17) is 0 Å². The molecule has 6 nitrogen and oxygen atoms in total. The summed E-state index contributed by atoms with van der Waals surface area (Å²) >= 11 is 0. The Balaban J connectivity index is 2.16. The topological polar surface area (TPSA) is 78.9 Å². The van der Waals surface area contributed by atoms with Gasteiger partial charge in [-0.3, -0.25) is 4.79 Å². The van der Waals surface area contributed by atoms with Gasteiger partial charge in [-0.05, 0) is 0 Å². The van der Waals surface area contributed by atoms with Crippen molar-refractivity contribution in [2.75, 3.05) is 31.3 Å². The Morgan fingerprint density at radius 3 is 2.48 bits per heavy atom. The first-order valence-corrected chi connectivity index (χ1v) is 6.79. The first-order chi connectivity index (χ1) is 10.2. The highest BCUT2D eigenvalue weighted by molar-refractivity contribution is 5.76. The van der Waals surface area contributed by atoms with Gasteiger partial charge >= 0.3 is 0 Å². The van der Waals surface area contributed by atoms with E-state index >= 15 is 0 Å². The van der Waals surface area contributed by atoms with Gasteiger partial charge < -0.3 is 16.0 Å². The highest BCUT2D eigenvalue weighted by Crippen LogP contribution is 2.19. The molecule has 1 heterocycles. The number of carbonyl (C=O) groups excluding carboxylic acids is 1. The van der Waals surface area contributed by atoms with Gasteiger partial charge in [0.15, 0.2) is 5.82 Å². The molecule has 0 fully saturated rings. The van der Waals surface area contributed by atoms with E-state index in [0.717, 1.165) is 11.4 Å². The second kappa shape index (κ2) is 7.23. The molecule has 0 atom stereocenters. The van der Waals surface area contributed by atoms with Gasteiger partial charge in [-0.2, -0.15) is 0 Å². The average Bonchev–Trinajstić information content (AvgIpc) is 2.55. The molecule has 0 radical (unpaired) electrons. The van der Waals surface area contributed by atoms with Crippen molar-refractivity contribution >= 4 is 17.5 Å². The Labute approximate surface area is 124 Å². The summed E-state index contributed by atoms with van der Waals surface area (Å²) in [4.78, 5) is 20.1. The molecule has 3 N–H and O–H groups in total. The zero-order valence-electron chi connectivity index (χ0n) is 12.2. The summed E-state index contributed by atoms with van der Waals surface area (Å²) in [5.41, 5.74) is 0.948. The van der Waals surface area contributed by atoms with E-state index in [2.05, 4.69) is 25.9 Å². The first-order valence-electron chi connectivity index (χ1n) is 6.79. The Kier molecular flexibility index (Phi) is 5.09. The molecule has 0 spiro atoms. The van der Waals surface area contributed by atoms with Gasteiger partial charge in [0.1, 0.15) is 11.6 Å². The minimum atomic E-state index is -0.00585. The van der Waals surface area contributed by atoms with E-state index in [1.54, 1.807) is 7.05 Å². The Hall–Kier alpha value is -2.63. The number of hydrogen-bond donors (Lipinski definition) is 3. The summed E-state index contributed by atoms with van der Waals surface area (Å²) < 4.78 is 0. The van der Waals surface area contributed by atoms with Crippen molar-refractivity contribution in [2.24, 2.45) is 0 Å². The van der Waals surface area contributed by atoms with Crippen molar-refractivity contribution in [2.45, 2.75) is 6.42 Å². The number of nitrogens with one attached hydrogen (secondary N) is 3. The fraction of sp³-hybridized carbons (Fsp3) is 0.267. The van der Waals surface area contributed by atoms with Gasteiger partial charge in [0.05, 0.1) is 0 Å². The molecule has 0 saturated carbocycles. The molecule has 110 valence electrons. The predicted octanol–water partition coefficient (Wildman–Crippen LogP) is 1.73. The van der Waals surface area contributed by atoms with Gasteiger partial charge in [-0.15, -0.1) is 0 Å². The van der Waals surface area contributed by atoms with Crippen LogP contribution in [0.5, 0.6) is 0 Å². The average molecular weight is 285 g/mol. The van der Waals surface area contributed by atoms with E-state index < -0.39 is 0 Å². The Morgan fingerprint density at radius 1 is 1.10 bits per heavy atom. The number of amides is 1. The minimum absolute atomic E-state index is 0.00585. The summed E-state index contributed by atoms with van der Waals surface area (Å²) in [6.07, 6.45) is 0.399. The molecule has 0 unspecified atom stereocenters. The maximum Gasteiger partial charge on any atom is 0.221 e. The van der Waals surface area contributed by atoms with Crippen molar-refractivity contribution in [3.05, 3.63) is 36.4 Å². The van der Waals surface area contributed by atoms with Crippen LogP contribution in [0.1, 0.15) is 6.42 Å². The van der Waals surface area contributed by atoms with Crippen LogP contribution < -0.4 is 16.0 Å². The highest BCUT2D eigenvalue weighted by atomic mass is 16.1. The molecule has 1 aromatic heterocycles. The number of nitrogens with zero attached hydrogens (tertiary/aromatic N) is 2.